The van der Waals surface area contributed by atoms with E-state index in [4.69, 9.17) is 0 Å². The summed E-state index contributed by atoms with van der Waals surface area (Å²) in [7, 11) is 0. The van der Waals surface area contributed by atoms with Crippen molar-refractivity contribution in [2.24, 2.45) is 0 Å². The molecule has 6 heteroatoms. The van der Waals surface area contributed by atoms with Gasteiger partial charge < -0.3 is 10.1 Å². The van der Waals surface area contributed by atoms with Crippen molar-refractivity contribution < 1.29 is 14.7 Å². The number of hydrogen-bond donors (Lipinski definition) is 2. The number of imide groups is 1. The number of nitrogens with one attached hydrogen (secondary N) is 1. The van der Waals surface area contributed by atoms with E-state index in [0.717, 1.165) is 15.8 Å². The molecule has 0 saturated heterocycles. The molecule has 120 valence electrons. The molecule has 0 saturated carbocycles. The van der Waals surface area contributed by atoms with E-state index in [1.54, 1.807) is 36.5 Å². The summed E-state index contributed by atoms with van der Waals surface area (Å²) in [5.74, 6) is -0.750. The average molecular weight is 321 g/mol. The summed E-state index contributed by atoms with van der Waals surface area (Å²) >= 11 is 0. The van der Waals surface area contributed by atoms with Gasteiger partial charge in [0.2, 0.25) is 0 Å². The number of benzene rings is 1. The van der Waals surface area contributed by atoms with Crippen LogP contribution in [0.25, 0.3) is 11.0 Å². The minimum Gasteiger partial charge on any atom is -0.385 e. The van der Waals surface area contributed by atoms with Gasteiger partial charge in [0.05, 0.1) is 17.7 Å². The second-order valence-corrected chi connectivity index (χ2v) is 5.90. The van der Waals surface area contributed by atoms with E-state index in [1.807, 2.05) is 13.0 Å². The number of aliphatic hydroxyl groups excluding tert-OH is 1. The predicted molar refractivity (Wildman–Crippen MR) is 87.6 cm³/mol. The highest BCUT2D eigenvalue weighted by atomic mass is 16.3. The third-order valence-corrected chi connectivity index (χ3v) is 4.36. The third-order valence-electron chi connectivity index (χ3n) is 4.36. The van der Waals surface area contributed by atoms with E-state index >= 15 is 0 Å². The van der Waals surface area contributed by atoms with Crippen molar-refractivity contribution in [3.05, 3.63) is 65.0 Å². The first-order valence-electron chi connectivity index (χ1n) is 7.64. The minimum absolute atomic E-state index is 0.0990. The Labute approximate surface area is 137 Å². The molecule has 1 atom stereocenters. The molecule has 0 fully saturated rings. The molecule has 2 N–H and O–H groups in total. The van der Waals surface area contributed by atoms with Crippen molar-refractivity contribution in [3.63, 3.8) is 0 Å². The summed E-state index contributed by atoms with van der Waals surface area (Å²) in [6, 6.07) is 10.4. The standard InChI is InChI=1S/C18H15N3O3/c1-10-6-7-19-16-13(10)8-14(20-16)15(22)9-21-17(23)11-4-2-3-5-12(11)18(21)24/h2-8,15,22H,9H2,1H3,(H,19,20). The number of hydrogen-bond acceptors (Lipinski definition) is 4. The molecule has 1 aliphatic heterocycles. The Kier molecular flexibility index (Phi) is 3.21. The maximum atomic E-state index is 12.4. The van der Waals surface area contributed by atoms with Crippen molar-refractivity contribution in [2.45, 2.75) is 13.0 Å². The average Bonchev–Trinajstić information content (AvgIpc) is 3.12. The molecule has 0 aliphatic carbocycles. The van der Waals surface area contributed by atoms with Gasteiger partial charge in [0.15, 0.2) is 0 Å². The summed E-state index contributed by atoms with van der Waals surface area (Å²) < 4.78 is 0. The zero-order valence-corrected chi connectivity index (χ0v) is 13.0. The summed E-state index contributed by atoms with van der Waals surface area (Å²) in [5, 5.41) is 11.4. The summed E-state index contributed by atoms with van der Waals surface area (Å²) in [4.78, 5) is 33.1. The lowest BCUT2D eigenvalue weighted by atomic mass is 10.1. The number of β-amino-alcohol motifs (C(OH)–C–C–N with tert-alkyl or cyclic N) is 1. The lowest BCUT2D eigenvalue weighted by Gasteiger charge is -2.17. The Hall–Kier alpha value is -2.99. The van der Waals surface area contributed by atoms with E-state index < -0.39 is 6.10 Å². The fourth-order valence-electron chi connectivity index (χ4n) is 3.04. The van der Waals surface area contributed by atoms with Crippen LogP contribution in [0.5, 0.6) is 0 Å². The molecule has 3 aromatic rings. The largest absolute Gasteiger partial charge is 0.385 e. The smallest absolute Gasteiger partial charge is 0.261 e. The molecule has 2 amide bonds. The fraction of sp³-hybridized carbons (Fsp3) is 0.167. The quantitative estimate of drug-likeness (QED) is 0.724. The second kappa shape index (κ2) is 5.28. The molecule has 2 aromatic heterocycles. The van der Waals surface area contributed by atoms with Gasteiger partial charge in [-0.15, -0.1) is 0 Å². The van der Waals surface area contributed by atoms with Crippen LogP contribution in [0, 0.1) is 6.92 Å². The maximum Gasteiger partial charge on any atom is 0.261 e. The van der Waals surface area contributed by atoms with Crippen LogP contribution in [-0.2, 0) is 0 Å². The lowest BCUT2D eigenvalue weighted by Crippen LogP contribution is -2.33. The highest BCUT2D eigenvalue weighted by Gasteiger charge is 2.36. The molecule has 3 heterocycles. The van der Waals surface area contributed by atoms with Crippen LogP contribution in [0.4, 0.5) is 0 Å². The number of amides is 2. The van der Waals surface area contributed by atoms with Crippen LogP contribution in [0.3, 0.4) is 0 Å². The maximum absolute atomic E-state index is 12.4. The number of nitrogens with zero attached hydrogens (tertiary/aromatic N) is 2. The van der Waals surface area contributed by atoms with Gasteiger partial charge in [-0.25, -0.2) is 4.98 Å². The number of aromatic nitrogens is 2. The zero-order valence-electron chi connectivity index (χ0n) is 13.0. The van der Waals surface area contributed by atoms with Crippen LogP contribution in [0.1, 0.15) is 38.1 Å². The van der Waals surface area contributed by atoms with Gasteiger partial charge in [-0.3, -0.25) is 14.5 Å². The van der Waals surface area contributed by atoms with Crippen molar-refractivity contribution >= 4 is 22.8 Å². The van der Waals surface area contributed by atoms with Crippen molar-refractivity contribution in [3.8, 4) is 0 Å². The predicted octanol–water partition coefficient (Wildman–Crippen LogP) is 2.20. The van der Waals surface area contributed by atoms with E-state index in [9.17, 15) is 14.7 Å². The highest BCUT2D eigenvalue weighted by molar-refractivity contribution is 6.21. The van der Waals surface area contributed by atoms with Gasteiger partial charge >= 0.3 is 0 Å². The summed E-state index contributed by atoms with van der Waals surface area (Å²) in [6.45, 7) is 1.86. The number of fused-ring (bicyclic) bond motifs is 2. The molecular weight excluding hydrogens is 306 g/mol. The molecule has 4 rings (SSSR count). The van der Waals surface area contributed by atoms with Crippen LogP contribution in [0.2, 0.25) is 0 Å². The minimum atomic E-state index is -0.999. The Morgan fingerprint density at radius 1 is 1.17 bits per heavy atom. The summed E-state index contributed by atoms with van der Waals surface area (Å²) in [6.07, 6.45) is 0.690. The second-order valence-electron chi connectivity index (χ2n) is 5.90. The number of pyridine rings is 1. The molecule has 0 spiro atoms. The monoisotopic (exact) mass is 321 g/mol. The van der Waals surface area contributed by atoms with Gasteiger partial charge in [-0.05, 0) is 36.8 Å². The fourth-order valence-corrected chi connectivity index (χ4v) is 3.04. The van der Waals surface area contributed by atoms with Crippen molar-refractivity contribution in [2.75, 3.05) is 6.54 Å². The van der Waals surface area contributed by atoms with E-state index in [0.29, 0.717) is 22.5 Å². The number of aryl methyl sites for hydroxylation is 1. The molecular formula is C18H15N3O3. The van der Waals surface area contributed by atoms with Gasteiger partial charge in [-0.2, -0.15) is 0 Å². The molecule has 24 heavy (non-hydrogen) atoms. The topological polar surface area (TPSA) is 86.3 Å². The van der Waals surface area contributed by atoms with Crippen LogP contribution in [0.15, 0.2) is 42.6 Å². The first kappa shape index (κ1) is 14.6. The Balaban J connectivity index is 1.62. The van der Waals surface area contributed by atoms with Gasteiger partial charge in [-0.1, -0.05) is 12.1 Å². The van der Waals surface area contributed by atoms with E-state index in [1.165, 1.54) is 0 Å². The Morgan fingerprint density at radius 2 is 1.83 bits per heavy atom. The number of aromatic amines is 1. The van der Waals surface area contributed by atoms with Crippen LogP contribution in [-0.4, -0.2) is 38.3 Å². The number of carbonyl (C=O) groups is 2. The Bertz CT molecular complexity index is 942. The van der Waals surface area contributed by atoms with Crippen molar-refractivity contribution in [1.82, 2.24) is 14.9 Å². The first-order chi connectivity index (χ1) is 11.6. The molecule has 1 unspecified atom stereocenters. The van der Waals surface area contributed by atoms with Crippen LogP contribution < -0.4 is 0 Å². The zero-order chi connectivity index (χ0) is 16.8. The van der Waals surface area contributed by atoms with Gasteiger partial charge in [0, 0.05) is 17.3 Å². The number of carbonyl (C=O) groups excluding carboxylic acids is 2. The van der Waals surface area contributed by atoms with Gasteiger partial charge in [0.25, 0.3) is 11.8 Å². The normalized spacial score (nSPS) is 15.2. The van der Waals surface area contributed by atoms with E-state index in [-0.39, 0.29) is 18.4 Å². The number of rotatable bonds is 3. The molecule has 0 bridgehead atoms. The lowest BCUT2D eigenvalue weighted by molar-refractivity contribution is 0.0539. The summed E-state index contributed by atoms with van der Waals surface area (Å²) in [5.41, 5.74) is 3.00. The van der Waals surface area contributed by atoms with Crippen LogP contribution >= 0.6 is 0 Å². The first-order valence-corrected chi connectivity index (χ1v) is 7.64. The molecule has 6 nitrogen and oxygen atoms in total. The van der Waals surface area contributed by atoms with E-state index in [2.05, 4.69) is 9.97 Å². The highest BCUT2D eigenvalue weighted by Crippen LogP contribution is 2.26. The molecule has 1 aromatic carbocycles. The third kappa shape index (κ3) is 2.11. The number of H-pyrrole nitrogens is 1. The Morgan fingerprint density at radius 3 is 2.46 bits per heavy atom. The SMILES string of the molecule is Cc1ccnc2[nH]c(C(O)CN3C(=O)c4ccccc4C3=O)cc12. The van der Waals surface area contributed by atoms with Crippen molar-refractivity contribution in [1.29, 1.82) is 0 Å². The molecule has 0 radical (unpaired) electrons. The number of aliphatic hydroxyl groups is 1. The molecule has 1 aliphatic rings. The van der Waals surface area contributed by atoms with Gasteiger partial charge in [0.1, 0.15) is 11.8 Å².